The molecule has 0 spiro atoms. The van der Waals surface area contributed by atoms with Gasteiger partial charge in [-0.15, -0.1) is 0 Å². The van der Waals surface area contributed by atoms with Gasteiger partial charge in [0, 0.05) is 18.8 Å². The molecule has 22 heavy (non-hydrogen) atoms. The van der Waals surface area contributed by atoms with Crippen LogP contribution in [0.5, 0.6) is 0 Å². The van der Waals surface area contributed by atoms with Crippen LogP contribution in [-0.4, -0.2) is 43.0 Å². The van der Waals surface area contributed by atoms with Gasteiger partial charge in [0.25, 0.3) is 0 Å². The highest BCUT2D eigenvalue weighted by atomic mass is 16.5. The van der Waals surface area contributed by atoms with Crippen molar-refractivity contribution in [1.29, 1.82) is 0 Å². The zero-order valence-corrected chi connectivity index (χ0v) is 13.1. The van der Waals surface area contributed by atoms with Crippen LogP contribution in [-0.2, 0) is 9.53 Å². The summed E-state index contributed by atoms with van der Waals surface area (Å²) in [5, 5.41) is 3.12. The van der Waals surface area contributed by atoms with Crippen LogP contribution in [0.1, 0.15) is 43.0 Å². The SMILES string of the molecule is CCOC(=O)c1ccc(NCC(=O)N2CCCCCC2)cc1. The van der Waals surface area contributed by atoms with E-state index >= 15 is 0 Å². The zero-order valence-electron chi connectivity index (χ0n) is 13.1. The van der Waals surface area contributed by atoms with Crippen molar-refractivity contribution in [3.63, 3.8) is 0 Å². The normalized spacial score (nSPS) is 15.0. The van der Waals surface area contributed by atoms with Crippen molar-refractivity contribution in [3.8, 4) is 0 Å². The molecule has 0 atom stereocenters. The number of hydrogen-bond donors (Lipinski definition) is 1. The number of carbonyl (C=O) groups excluding carboxylic acids is 2. The zero-order chi connectivity index (χ0) is 15.8. The summed E-state index contributed by atoms with van der Waals surface area (Å²) in [6, 6.07) is 7.00. The Morgan fingerprint density at radius 1 is 1.09 bits per heavy atom. The average Bonchev–Trinajstić information content (AvgIpc) is 2.82. The molecule has 1 amide bonds. The van der Waals surface area contributed by atoms with Crippen molar-refractivity contribution in [2.24, 2.45) is 0 Å². The maximum absolute atomic E-state index is 12.2. The van der Waals surface area contributed by atoms with Gasteiger partial charge in [-0.05, 0) is 44.0 Å². The first-order valence-electron chi connectivity index (χ1n) is 7.99. The van der Waals surface area contributed by atoms with Gasteiger partial charge in [0.1, 0.15) is 0 Å². The van der Waals surface area contributed by atoms with Gasteiger partial charge in [0.05, 0.1) is 18.7 Å². The lowest BCUT2D eigenvalue weighted by Gasteiger charge is -2.20. The summed E-state index contributed by atoms with van der Waals surface area (Å²) >= 11 is 0. The first kappa shape index (κ1) is 16.3. The first-order valence-corrected chi connectivity index (χ1v) is 7.99. The summed E-state index contributed by atoms with van der Waals surface area (Å²) in [7, 11) is 0. The second-order valence-corrected chi connectivity index (χ2v) is 5.45. The standard InChI is InChI=1S/C17H24N2O3/c1-2-22-17(21)14-7-9-15(10-8-14)18-13-16(20)19-11-5-3-4-6-12-19/h7-10,18H,2-6,11-13H2,1H3. The minimum atomic E-state index is -0.324. The minimum absolute atomic E-state index is 0.136. The molecule has 1 fully saturated rings. The molecule has 0 aliphatic carbocycles. The molecule has 1 N–H and O–H groups in total. The number of amides is 1. The van der Waals surface area contributed by atoms with Crippen molar-refractivity contribution in [1.82, 2.24) is 4.90 Å². The van der Waals surface area contributed by atoms with Crippen molar-refractivity contribution >= 4 is 17.6 Å². The molecule has 0 radical (unpaired) electrons. The number of carbonyl (C=O) groups is 2. The fraction of sp³-hybridized carbons (Fsp3) is 0.529. The summed E-state index contributed by atoms with van der Waals surface area (Å²) in [4.78, 5) is 25.7. The van der Waals surface area contributed by atoms with E-state index in [9.17, 15) is 9.59 Å². The molecule has 1 aliphatic rings. The van der Waals surface area contributed by atoms with Crippen LogP contribution in [0.4, 0.5) is 5.69 Å². The molecule has 0 unspecified atom stereocenters. The summed E-state index contributed by atoms with van der Waals surface area (Å²) in [6.07, 6.45) is 4.62. The van der Waals surface area contributed by atoms with Gasteiger partial charge in [0.15, 0.2) is 0 Å². The van der Waals surface area contributed by atoms with Crippen LogP contribution in [0.2, 0.25) is 0 Å². The van der Waals surface area contributed by atoms with Crippen molar-refractivity contribution in [3.05, 3.63) is 29.8 Å². The number of rotatable bonds is 5. The van der Waals surface area contributed by atoms with E-state index in [1.165, 1.54) is 12.8 Å². The Morgan fingerprint density at radius 2 is 1.73 bits per heavy atom. The van der Waals surface area contributed by atoms with E-state index in [1.807, 2.05) is 4.90 Å². The van der Waals surface area contributed by atoms with E-state index in [1.54, 1.807) is 31.2 Å². The lowest BCUT2D eigenvalue weighted by atomic mass is 10.2. The van der Waals surface area contributed by atoms with Gasteiger partial charge in [-0.1, -0.05) is 12.8 Å². The predicted molar refractivity (Wildman–Crippen MR) is 85.9 cm³/mol. The van der Waals surface area contributed by atoms with Crippen molar-refractivity contribution < 1.29 is 14.3 Å². The Hall–Kier alpha value is -2.04. The van der Waals surface area contributed by atoms with E-state index in [2.05, 4.69) is 5.32 Å². The van der Waals surface area contributed by atoms with E-state index in [0.717, 1.165) is 31.6 Å². The Balaban J connectivity index is 1.83. The lowest BCUT2D eigenvalue weighted by molar-refractivity contribution is -0.129. The number of esters is 1. The number of benzene rings is 1. The smallest absolute Gasteiger partial charge is 0.338 e. The third-order valence-electron chi connectivity index (χ3n) is 3.80. The third kappa shape index (κ3) is 4.76. The van der Waals surface area contributed by atoms with Crippen LogP contribution in [0, 0.1) is 0 Å². The number of ether oxygens (including phenoxy) is 1. The topological polar surface area (TPSA) is 58.6 Å². The molecule has 5 heteroatoms. The number of hydrogen-bond acceptors (Lipinski definition) is 4. The predicted octanol–water partition coefficient (Wildman–Crippen LogP) is 2.68. The van der Waals surface area contributed by atoms with Crippen molar-refractivity contribution in [2.75, 3.05) is 31.6 Å². The monoisotopic (exact) mass is 304 g/mol. The van der Waals surface area contributed by atoms with Crippen LogP contribution >= 0.6 is 0 Å². The molecule has 2 rings (SSSR count). The second-order valence-electron chi connectivity index (χ2n) is 5.45. The second kappa shape index (κ2) is 8.41. The van der Waals surface area contributed by atoms with Gasteiger partial charge < -0.3 is 15.0 Å². The molecule has 0 aromatic heterocycles. The van der Waals surface area contributed by atoms with Crippen LogP contribution < -0.4 is 5.32 Å². The van der Waals surface area contributed by atoms with Crippen LogP contribution in [0.25, 0.3) is 0 Å². The molecule has 0 saturated carbocycles. The molecule has 120 valence electrons. The van der Waals surface area contributed by atoms with Gasteiger partial charge in [-0.2, -0.15) is 0 Å². The van der Waals surface area contributed by atoms with E-state index in [-0.39, 0.29) is 11.9 Å². The largest absolute Gasteiger partial charge is 0.462 e. The number of nitrogens with zero attached hydrogens (tertiary/aromatic N) is 1. The maximum atomic E-state index is 12.2. The Kier molecular flexibility index (Phi) is 6.25. The molecule has 1 aromatic rings. The summed E-state index contributed by atoms with van der Waals surface area (Å²) in [5.74, 6) is -0.189. The average molecular weight is 304 g/mol. The Morgan fingerprint density at radius 3 is 2.32 bits per heavy atom. The molecule has 1 heterocycles. The van der Waals surface area contributed by atoms with E-state index < -0.39 is 0 Å². The van der Waals surface area contributed by atoms with Crippen LogP contribution in [0.3, 0.4) is 0 Å². The van der Waals surface area contributed by atoms with E-state index in [4.69, 9.17) is 4.74 Å². The molecular weight excluding hydrogens is 280 g/mol. The Labute approximate surface area is 131 Å². The molecular formula is C17H24N2O3. The van der Waals surface area contributed by atoms with Gasteiger partial charge in [0.2, 0.25) is 5.91 Å². The molecule has 5 nitrogen and oxygen atoms in total. The minimum Gasteiger partial charge on any atom is -0.462 e. The van der Waals surface area contributed by atoms with Crippen molar-refractivity contribution in [2.45, 2.75) is 32.6 Å². The van der Waals surface area contributed by atoms with Gasteiger partial charge >= 0.3 is 5.97 Å². The summed E-state index contributed by atoms with van der Waals surface area (Å²) < 4.78 is 4.94. The maximum Gasteiger partial charge on any atom is 0.338 e. The third-order valence-corrected chi connectivity index (χ3v) is 3.80. The van der Waals surface area contributed by atoms with Crippen LogP contribution in [0.15, 0.2) is 24.3 Å². The van der Waals surface area contributed by atoms with Gasteiger partial charge in [-0.25, -0.2) is 4.79 Å². The quantitative estimate of drug-likeness (QED) is 0.850. The Bertz CT molecular complexity index is 491. The summed E-state index contributed by atoms with van der Waals surface area (Å²) in [5.41, 5.74) is 1.35. The lowest BCUT2D eigenvalue weighted by Crippen LogP contribution is -2.36. The first-order chi connectivity index (χ1) is 10.7. The molecule has 1 aromatic carbocycles. The molecule has 1 aliphatic heterocycles. The number of anilines is 1. The fourth-order valence-corrected chi connectivity index (χ4v) is 2.55. The van der Waals surface area contributed by atoms with Gasteiger partial charge in [-0.3, -0.25) is 4.79 Å². The number of likely N-dealkylation sites (tertiary alicyclic amines) is 1. The number of nitrogens with one attached hydrogen (secondary N) is 1. The highest BCUT2D eigenvalue weighted by molar-refractivity contribution is 5.90. The van der Waals surface area contributed by atoms with E-state index in [0.29, 0.717) is 18.7 Å². The highest BCUT2D eigenvalue weighted by Gasteiger charge is 2.15. The summed E-state index contributed by atoms with van der Waals surface area (Å²) in [6.45, 7) is 4.16. The fourth-order valence-electron chi connectivity index (χ4n) is 2.55. The highest BCUT2D eigenvalue weighted by Crippen LogP contribution is 2.12. The molecule has 1 saturated heterocycles. The molecule has 0 bridgehead atoms.